The van der Waals surface area contributed by atoms with Gasteiger partial charge in [0.1, 0.15) is 11.5 Å². The fourth-order valence-electron chi connectivity index (χ4n) is 1.88. The summed E-state index contributed by atoms with van der Waals surface area (Å²) in [7, 11) is 3.41. The number of unbranched alkanes of at least 4 members (excludes halogenated alkanes) is 1. The average molecular weight is 283 g/mol. The molecule has 1 aromatic carbocycles. The Hall–Kier alpha value is -0.870. The molecule has 1 atom stereocenters. The maximum Gasteiger partial charge on any atom is 0.136 e. The molecule has 0 aliphatic rings. The lowest BCUT2D eigenvalue weighted by Gasteiger charge is -2.15. The molecule has 0 bridgehead atoms. The van der Waals surface area contributed by atoms with Gasteiger partial charge in [0.05, 0.1) is 19.1 Å². The molecule has 4 heteroatoms. The zero-order valence-corrected chi connectivity index (χ0v) is 13.2. The Balaban J connectivity index is 2.99. The Morgan fingerprint density at radius 3 is 2.21 bits per heavy atom. The quantitative estimate of drug-likeness (QED) is 0.586. The zero-order chi connectivity index (χ0) is 14.3. The van der Waals surface area contributed by atoms with Crippen LogP contribution in [0.2, 0.25) is 0 Å². The second-order valence-corrected chi connectivity index (χ2v) is 5.82. The lowest BCUT2D eigenvalue weighted by atomic mass is 10.1. The Morgan fingerprint density at radius 1 is 1.21 bits per heavy atom. The smallest absolute Gasteiger partial charge is 0.136 e. The molecule has 0 amide bonds. The van der Waals surface area contributed by atoms with Crippen LogP contribution >= 0.6 is 11.8 Å². The molecule has 0 saturated carbocycles. The number of nitrogens with two attached hydrogens (primary N) is 1. The van der Waals surface area contributed by atoms with Crippen LogP contribution in [0.25, 0.3) is 0 Å². The molecular weight excluding hydrogens is 258 g/mol. The van der Waals surface area contributed by atoms with Crippen molar-refractivity contribution in [3.8, 4) is 11.5 Å². The van der Waals surface area contributed by atoms with Gasteiger partial charge in [0.25, 0.3) is 0 Å². The number of methoxy groups -OCH3 is 2. The van der Waals surface area contributed by atoms with Crippen molar-refractivity contribution in [1.29, 1.82) is 0 Å². The molecule has 0 spiro atoms. The SMILES string of the molecule is CCCCSc1c(OC)cc(CC(C)N)cc1OC. The molecule has 108 valence electrons. The minimum Gasteiger partial charge on any atom is -0.495 e. The summed E-state index contributed by atoms with van der Waals surface area (Å²) in [5, 5.41) is 0. The molecule has 1 unspecified atom stereocenters. The molecule has 0 radical (unpaired) electrons. The van der Waals surface area contributed by atoms with Crippen LogP contribution in [0.4, 0.5) is 0 Å². The van der Waals surface area contributed by atoms with E-state index in [0.717, 1.165) is 34.1 Å². The molecule has 19 heavy (non-hydrogen) atoms. The number of thioether (sulfide) groups is 1. The van der Waals surface area contributed by atoms with Gasteiger partial charge in [-0.05, 0) is 43.2 Å². The van der Waals surface area contributed by atoms with E-state index in [9.17, 15) is 0 Å². The normalized spacial score (nSPS) is 12.3. The van der Waals surface area contributed by atoms with E-state index in [-0.39, 0.29) is 6.04 Å². The van der Waals surface area contributed by atoms with Gasteiger partial charge >= 0.3 is 0 Å². The summed E-state index contributed by atoms with van der Waals surface area (Å²) < 4.78 is 11.0. The summed E-state index contributed by atoms with van der Waals surface area (Å²) in [5.74, 6) is 2.85. The van der Waals surface area contributed by atoms with Crippen molar-refractivity contribution in [1.82, 2.24) is 0 Å². The Kier molecular flexibility index (Phi) is 7.10. The molecule has 2 N–H and O–H groups in total. The highest BCUT2D eigenvalue weighted by Crippen LogP contribution is 2.39. The standard InChI is InChI=1S/C15H25NO2S/c1-5-6-7-19-15-13(17-3)9-12(8-11(2)16)10-14(15)18-4/h9-11H,5-8,16H2,1-4H3. The van der Waals surface area contributed by atoms with E-state index in [1.54, 1.807) is 26.0 Å². The number of rotatable bonds is 8. The van der Waals surface area contributed by atoms with Gasteiger partial charge in [-0.1, -0.05) is 13.3 Å². The van der Waals surface area contributed by atoms with Crippen LogP contribution in [0.15, 0.2) is 17.0 Å². The fraction of sp³-hybridized carbons (Fsp3) is 0.600. The minimum absolute atomic E-state index is 0.132. The molecule has 0 aliphatic heterocycles. The van der Waals surface area contributed by atoms with Crippen LogP contribution in [-0.2, 0) is 6.42 Å². The third-order valence-corrected chi connectivity index (χ3v) is 4.01. The summed E-state index contributed by atoms with van der Waals surface area (Å²) in [4.78, 5) is 1.09. The van der Waals surface area contributed by atoms with Crippen molar-refractivity contribution in [2.24, 2.45) is 5.73 Å². The van der Waals surface area contributed by atoms with Gasteiger partial charge in [-0.2, -0.15) is 0 Å². The summed E-state index contributed by atoms with van der Waals surface area (Å²) in [5.41, 5.74) is 7.01. The Bertz CT molecular complexity index is 369. The van der Waals surface area contributed by atoms with Gasteiger partial charge < -0.3 is 15.2 Å². The molecule has 3 nitrogen and oxygen atoms in total. The molecule has 0 aromatic heterocycles. The molecule has 0 saturated heterocycles. The second-order valence-electron chi connectivity index (χ2n) is 4.71. The molecular formula is C15H25NO2S. The van der Waals surface area contributed by atoms with Gasteiger partial charge in [0.15, 0.2) is 0 Å². The van der Waals surface area contributed by atoms with Crippen LogP contribution in [-0.4, -0.2) is 26.0 Å². The van der Waals surface area contributed by atoms with Crippen molar-refractivity contribution < 1.29 is 9.47 Å². The van der Waals surface area contributed by atoms with Crippen molar-refractivity contribution in [2.75, 3.05) is 20.0 Å². The topological polar surface area (TPSA) is 44.5 Å². The fourth-order valence-corrected chi connectivity index (χ4v) is 3.09. The van der Waals surface area contributed by atoms with Gasteiger partial charge in [-0.3, -0.25) is 0 Å². The van der Waals surface area contributed by atoms with E-state index < -0.39 is 0 Å². The van der Waals surface area contributed by atoms with Crippen molar-refractivity contribution in [2.45, 2.75) is 44.0 Å². The average Bonchev–Trinajstić information content (AvgIpc) is 2.38. The highest BCUT2D eigenvalue weighted by atomic mass is 32.2. The zero-order valence-electron chi connectivity index (χ0n) is 12.4. The van der Waals surface area contributed by atoms with Crippen LogP contribution < -0.4 is 15.2 Å². The van der Waals surface area contributed by atoms with E-state index in [4.69, 9.17) is 15.2 Å². The highest BCUT2D eigenvalue weighted by Gasteiger charge is 2.13. The van der Waals surface area contributed by atoms with Crippen LogP contribution in [0, 0.1) is 0 Å². The third-order valence-electron chi connectivity index (χ3n) is 2.82. The first-order valence-electron chi connectivity index (χ1n) is 6.75. The lowest BCUT2D eigenvalue weighted by Crippen LogP contribution is -2.17. The van der Waals surface area contributed by atoms with Crippen molar-refractivity contribution in [3.05, 3.63) is 17.7 Å². The molecule has 0 heterocycles. The monoisotopic (exact) mass is 283 g/mol. The molecule has 1 aromatic rings. The molecule has 1 rings (SSSR count). The predicted octanol–water partition coefficient (Wildman–Crippen LogP) is 3.49. The van der Waals surface area contributed by atoms with Crippen LogP contribution in [0.1, 0.15) is 32.3 Å². The van der Waals surface area contributed by atoms with Gasteiger partial charge in [0.2, 0.25) is 0 Å². The number of hydrogen-bond acceptors (Lipinski definition) is 4. The maximum atomic E-state index is 5.86. The molecule has 0 aliphatic carbocycles. The third kappa shape index (κ3) is 4.96. The number of benzene rings is 1. The van der Waals surface area contributed by atoms with Crippen molar-refractivity contribution in [3.63, 3.8) is 0 Å². The van der Waals surface area contributed by atoms with E-state index >= 15 is 0 Å². The predicted molar refractivity (Wildman–Crippen MR) is 82.5 cm³/mol. The van der Waals surface area contributed by atoms with Crippen LogP contribution in [0.3, 0.4) is 0 Å². The first-order chi connectivity index (χ1) is 9.12. The summed E-state index contributed by atoms with van der Waals surface area (Å²) in [6, 6.07) is 4.27. The minimum atomic E-state index is 0.132. The Morgan fingerprint density at radius 2 is 1.79 bits per heavy atom. The molecule has 0 fully saturated rings. The summed E-state index contributed by atoms with van der Waals surface area (Å²) in [6.07, 6.45) is 3.21. The van der Waals surface area contributed by atoms with Crippen molar-refractivity contribution >= 4 is 11.8 Å². The lowest BCUT2D eigenvalue weighted by molar-refractivity contribution is 0.375. The largest absolute Gasteiger partial charge is 0.495 e. The van der Waals surface area contributed by atoms with E-state index in [1.165, 1.54) is 12.8 Å². The van der Waals surface area contributed by atoms with Crippen LogP contribution in [0.5, 0.6) is 11.5 Å². The van der Waals surface area contributed by atoms with Gasteiger partial charge in [-0.25, -0.2) is 0 Å². The summed E-state index contributed by atoms with van der Waals surface area (Å²) >= 11 is 1.79. The maximum absolute atomic E-state index is 5.86. The first-order valence-corrected chi connectivity index (χ1v) is 7.74. The van der Waals surface area contributed by atoms with Gasteiger partial charge in [0, 0.05) is 6.04 Å². The highest BCUT2D eigenvalue weighted by molar-refractivity contribution is 7.99. The Labute approximate surface area is 120 Å². The van der Waals surface area contributed by atoms with E-state index in [0.29, 0.717) is 0 Å². The first kappa shape index (κ1) is 16.2. The second kappa shape index (κ2) is 8.33. The van der Waals surface area contributed by atoms with Gasteiger partial charge in [-0.15, -0.1) is 11.8 Å². The number of ether oxygens (including phenoxy) is 2. The number of hydrogen-bond donors (Lipinski definition) is 1. The summed E-state index contributed by atoms with van der Waals surface area (Å²) in [6.45, 7) is 4.20. The van der Waals surface area contributed by atoms with E-state index in [2.05, 4.69) is 19.1 Å². The van der Waals surface area contributed by atoms with E-state index in [1.807, 2.05) is 6.92 Å².